The first-order valence-electron chi connectivity index (χ1n) is 13.4. The Morgan fingerprint density at radius 1 is 1.00 bits per heavy atom. The number of hydrogen-bond donors (Lipinski definition) is 1. The van der Waals surface area contributed by atoms with Gasteiger partial charge in [0.1, 0.15) is 28.9 Å². The van der Waals surface area contributed by atoms with E-state index in [1.165, 1.54) is 0 Å². The molecule has 208 valence electrons. The number of rotatable bonds is 11. The topological polar surface area (TPSA) is 113 Å². The molecule has 1 heterocycles. The van der Waals surface area contributed by atoms with Crippen molar-refractivity contribution in [1.29, 1.82) is 5.26 Å². The summed E-state index contributed by atoms with van der Waals surface area (Å²) in [6.45, 7) is 8.92. The van der Waals surface area contributed by atoms with Crippen molar-refractivity contribution in [3.8, 4) is 34.8 Å². The van der Waals surface area contributed by atoms with Gasteiger partial charge in [-0.3, -0.25) is 0 Å². The number of allylic oxidation sites excluding steroid dienone is 1. The molecule has 0 saturated carbocycles. The van der Waals surface area contributed by atoms with E-state index in [-0.39, 0.29) is 23.3 Å². The molecule has 1 atom stereocenters. The minimum Gasteiger partial charge on any atom is -0.491 e. The number of hydrogen-bond acceptors (Lipinski definition) is 8. The lowest BCUT2D eigenvalue weighted by molar-refractivity contribution is 0.0734. The zero-order valence-electron chi connectivity index (χ0n) is 23.2. The second-order valence-electron chi connectivity index (χ2n) is 9.55. The molecule has 0 spiro atoms. The van der Waals surface area contributed by atoms with Crippen molar-refractivity contribution in [3.63, 3.8) is 0 Å². The Kier molecular flexibility index (Phi) is 9.18. The molecule has 8 nitrogen and oxygen atoms in total. The first-order chi connectivity index (χ1) is 19.3. The predicted molar refractivity (Wildman–Crippen MR) is 151 cm³/mol. The van der Waals surface area contributed by atoms with Crippen LogP contribution in [0.4, 0.5) is 0 Å². The number of carbonyl (C=O) groups is 1. The molecule has 0 amide bonds. The van der Waals surface area contributed by atoms with Crippen LogP contribution in [0.25, 0.3) is 0 Å². The van der Waals surface area contributed by atoms with Gasteiger partial charge >= 0.3 is 5.97 Å². The van der Waals surface area contributed by atoms with Gasteiger partial charge in [-0.15, -0.1) is 0 Å². The molecule has 40 heavy (non-hydrogen) atoms. The highest BCUT2D eigenvalue weighted by Gasteiger charge is 2.32. The molecule has 1 aliphatic rings. The number of benzene rings is 3. The molecule has 0 radical (unpaired) electrons. The van der Waals surface area contributed by atoms with E-state index in [9.17, 15) is 10.1 Å². The monoisotopic (exact) mass is 542 g/mol. The van der Waals surface area contributed by atoms with Crippen LogP contribution in [0.5, 0.6) is 28.7 Å². The Hall–Kier alpha value is -4.64. The van der Waals surface area contributed by atoms with Crippen LogP contribution >= 0.6 is 0 Å². The molecule has 3 aromatic carbocycles. The third-order valence-electron chi connectivity index (χ3n) is 6.22. The normalized spacial score (nSPS) is 14.2. The summed E-state index contributed by atoms with van der Waals surface area (Å²) in [6, 6.07) is 19.6. The van der Waals surface area contributed by atoms with Gasteiger partial charge < -0.3 is 29.4 Å². The summed E-state index contributed by atoms with van der Waals surface area (Å²) in [7, 11) is 0. The Bertz CT molecular complexity index is 1420. The second kappa shape index (κ2) is 12.9. The van der Waals surface area contributed by atoms with E-state index in [4.69, 9.17) is 29.4 Å². The average Bonchev–Trinajstić information content (AvgIpc) is 2.93. The van der Waals surface area contributed by atoms with E-state index >= 15 is 0 Å². The third-order valence-corrected chi connectivity index (χ3v) is 6.22. The van der Waals surface area contributed by atoms with Crippen molar-refractivity contribution in [2.75, 3.05) is 13.2 Å². The van der Waals surface area contributed by atoms with Gasteiger partial charge in [0.05, 0.1) is 30.8 Å². The summed E-state index contributed by atoms with van der Waals surface area (Å²) < 4.78 is 28.8. The number of unbranched alkanes of at least 4 members (excludes halogenated alkanes) is 1. The van der Waals surface area contributed by atoms with Crippen molar-refractivity contribution in [3.05, 3.63) is 88.8 Å². The van der Waals surface area contributed by atoms with Crippen LogP contribution in [0, 0.1) is 11.3 Å². The first kappa shape index (κ1) is 28.4. The average molecular weight is 543 g/mol. The summed E-state index contributed by atoms with van der Waals surface area (Å²) in [5.74, 6) is 1.55. The quantitative estimate of drug-likeness (QED) is 0.166. The van der Waals surface area contributed by atoms with Gasteiger partial charge in [-0.1, -0.05) is 25.5 Å². The molecule has 4 rings (SSSR count). The van der Waals surface area contributed by atoms with Crippen molar-refractivity contribution in [1.82, 2.24) is 0 Å². The second-order valence-corrected chi connectivity index (χ2v) is 9.55. The highest BCUT2D eigenvalue weighted by atomic mass is 16.5. The molecule has 0 saturated heterocycles. The molecule has 0 bridgehead atoms. The third kappa shape index (κ3) is 6.49. The lowest BCUT2D eigenvalue weighted by Gasteiger charge is -2.27. The Morgan fingerprint density at radius 2 is 1.75 bits per heavy atom. The fourth-order valence-electron chi connectivity index (χ4n) is 4.37. The van der Waals surface area contributed by atoms with Gasteiger partial charge in [-0.2, -0.15) is 5.26 Å². The molecule has 1 aliphatic heterocycles. The van der Waals surface area contributed by atoms with Gasteiger partial charge in [0.2, 0.25) is 5.88 Å². The molecular weight excluding hydrogens is 508 g/mol. The first-order valence-corrected chi connectivity index (χ1v) is 13.4. The highest BCUT2D eigenvalue weighted by Crippen LogP contribution is 2.45. The van der Waals surface area contributed by atoms with Gasteiger partial charge in [-0.05, 0) is 75.2 Å². The van der Waals surface area contributed by atoms with Crippen LogP contribution in [0.15, 0.2) is 72.1 Å². The van der Waals surface area contributed by atoms with E-state index in [1.807, 2.05) is 39.0 Å². The summed E-state index contributed by atoms with van der Waals surface area (Å²) in [5.41, 5.74) is 8.35. The van der Waals surface area contributed by atoms with E-state index in [0.717, 1.165) is 18.4 Å². The van der Waals surface area contributed by atoms with Crippen LogP contribution < -0.4 is 29.4 Å². The maximum Gasteiger partial charge on any atom is 0.343 e. The van der Waals surface area contributed by atoms with Crippen LogP contribution in [-0.4, -0.2) is 25.3 Å². The Balaban J connectivity index is 1.61. The maximum absolute atomic E-state index is 12.8. The van der Waals surface area contributed by atoms with Crippen LogP contribution in [0.1, 0.15) is 67.9 Å². The number of ether oxygens (including phenoxy) is 5. The van der Waals surface area contributed by atoms with Gasteiger partial charge in [0, 0.05) is 11.6 Å². The number of nitrogens with zero attached hydrogens (tertiary/aromatic N) is 1. The van der Waals surface area contributed by atoms with Crippen LogP contribution in [0.2, 0.25) is 0 Å². The Labute approximate surface area is 234 Å². The predicted octanol–water partition coefficient (Wildman–Crippen LogP) is 6.49. The summed E-state index contributed by atoms with van der Waals surface area (Å²) >= 11 is 0. The number of nitriles is 1. The maximum atomic E-state index is 12.8. The largest absolute Gasteiger partial charge is 0.491 e. The van der Waals surface area contributed by atoms with Crippen molar-refractivity contribution in [2.45, 2.75) is 52.6 Å². The zero-order chi connectivity index (χ0) is 28.6. The molecule has 0 aromatic heterocycles. The lowest BCUT2D eigenvalue weighted by atomic mass is 9.83. The molecule has 2 N–H and O–H groups in total. The smallest absolute Gasteiger partial charge is 0.343 e. The molecule has 8 heteroatoms. The summed E-state index contributed by atoms with van der Waals surface area (Å²) in [4.78, 5) is 12.8. The van der Waals surface area contributed by atoms with E-state index in [2.05, 4.69) is 13.0 Å². The molecular formula is C32H34N2O6. The van der Waals surface area contributed by atoms with Crippen LogP contribution in [-0.2, 0) is 0 Å². The van der Waals surface area contributed by atoms with E-state index < -0.39 is 11.9 Å². The fraction of sp³-hybridized carbons (Fsp3) is 0.312. The molecule has 1 unspecified atom stereocenters. The van der Waals surface area contributed by atoms with Gasteiger partial charge in [-0.25, -0.2) is 4.79 Å². The van der Waals surface area contributed by atoms with Gasteiger partial charge in [0.15, 0.2) is 11.5 Å². The highest BCUT2D eigenvalue weighted by molar-refractivity contribution is 5.91. The van der Waals surface area contributed by atoms with Crippen molar-refractivity contribution >= 4 is 5.97 Å². The lowest BCUT2D eigenvalue weighted by Crippen LogP contribution is -2.21. The number of esters is 1. The summed E-state index contributed by atoms with van der Waals surface area (Å²) in [6.07, 6.45) is 1.99. The fourth-order valence-corrected chi connectivity index (χ4v) is 4.37. The molecule has 3 aromatic rings. The standard InChI is InChI=1S/C32H34N2O6/c1-5-7-16-37-27-15-10-22(17-29(27)36-6-2)30-25-14-13-24(18-28(25)40-31(34)26(30)19-33)39-32(35)21-8-11-23(12-9-21)38-20(3)4/h8-15,17-18,20,30H,5-7,16,34H2,1-4H3. The SMILES string of the molecule is CCCCOc1ccc(C2C(C#N)=C(N)Oc3cc(OC(=O)c4ccc(OC(C)C)cc4)ccc32)cc1OCC. The zero-order valence-corrected chi connectivity index (χ0v) is 23.2. The number of carbonyl (C=O) groups excluding carboxylic acids is 1. The van der Waals surface area contributed by atoms with Crippen molar-refractivity contribution < 1.29 is 28.5 Å². The minimum atomic E-state index is -0.523. The number of nitrogens with two attached hydrogens (primary N) is 1. The van der Waals surface area contributed by atoms with Crippen LogP contribution in [0.3, 0.4) is 0 Å². The molecule has 0 aliphatic carbocycles. The van der Waals surface area contributed by atoms with E-state index in [1.54, 1.807) is 42.5 Å². The van der Waals surface area contributed by atoms with Gasteiger partial charge in [0.25, 0.3) is 0 Å². The van der Waals surface area contributed by atoms with E-state index in [0.29, 0.717) is 47.3 Å². The summed E-state index contributed by atoms with van der Waals surface area (Å²) in [5, 5.41) is 9.95. The minimum absolute atomic E-state index is 0.00884. The molecule has 0 fully saturated rings. The Morgan fingerprint density at radius 3 is 2.42 bits per heavy atom. The van der Waals surface area contributed by atoms with Crippen molar-refractivity contribution in [2.24, 2.45) is 5.73 Å². The number of fused-ring (bicyclic) bond motifs is 1.